The molecule has 3 heterocycles. The van der Waals surface area contributed by atoms with Crippen LogP contribution in [0.1, 0.15) is 37.8 Å². The van der Waals surface area contributed by atoms with Gasteiger partial charge in [0, 0.05) is 35.4 Å². The molecule has 0 saturated carbocycles. The Morgan fingerprint density at radius 1 is 1.09 bits per heavy atom. The van der Waals surface area contributed by atoms with Crippen LogP contribution in [-0.4, -0.2) is 79.7 Å². The third-order valence-corrected chi connectivity index (χ3v) is 12.2. The van der Waals surface area contributed by atoms with Crippen molar-refractivity contribution in [2.45, 2.75) is 53.1 Å². The van der Waals surface area contributed by atoms with Crippen molar-refractivity contribution in [1.29, 1.82) is 0 Å². The minimum atomic E-state index is -0.836. The lowest BCUT2D eigenvalue weighted by molar-refractivity contribution is -0.145. The average molecular weight is 667 g/mol. The van der Waals surface area contributed by atoms with Crippen molar-refractivity contribution in [2.24, 2.45) is 11.8 Å². The van der Waals surface area contributed by atoms with E-state index in [1.54, 1.807) is 38.6 Å². The highest BCUT2D eigenvalue weighted by Gasteiger charge is 2.76. The van der Waals surface area contributed by atoms with Crippen LogP contribution in [0, 0.1) is 11.8 Å². The van der Waals surface area contributed by atoms with E-state index < -0.39 is 28.7 Å². The summed E-state index contributed by atoms with van der Waals surface area (Å²) in [4.78, 5) is 49.1. The molecule has 228 valence electrons. The molecule has 3 fully saturated rings. The van der Waals surface area contributed by atoms with Gasteiger partial charge in [-0.1, -0.05) is 90.0 Å². The van der Waals surface area contributed by atoms with E-state index in [1.165, 1.54) is 0 Å². The van der Waals surface area contributed by atoms with Crippen LogP contribution in [0.25, 0.3) is 0 Å². The van der Waals surface area contributed by atoms with E-state index in [2.05, 4.69) is 36.0 Å². The molecule has 1 spiro atoms. The maximum Gasteiger partial charge on any atom is 0.247 e. The number of amides is 3. The van der Waals surface area contributed by atoms with Gasteiger partial charge in [0.2, 0.25) is 17.7 Å². The molecule has 3 amide bonds. The van der Waals surface area contributed by atoms with Gasteiger partial charge in [0.25, 0.3) is 0 Å². The molecule has 9 heteroatoms. The molecule has 2 aromatic rings. The standard InChI is InChI=1S/C34H40BrN3O4S/c1-4-7-20-36(18-5-2)33(42)30-34-21-25(35)29(43-34)27(31(40)37(19-6-3)24-16-12-9-13-17-24)28(34)32(41)38(30)26(22-39)23-14-10-8-11-15-23/h5-6,8-17,25-30,39H,2-4,7,18-22H2,1H3/t25?,26-,27-,28+,29-,30?,34?/m1/s1. The van der Waals surface area contributed by atoms with Crippen molar-refractivity contribution < 1.29 is 19.5 Å². The number of fused-ring (bicyclic) bond motifs is 1. The second-order valence-corrected chi connectivity index (χ2v) is 14.2. The number of carbonyl (C=O) groups excluding carboxylic acids is 3. The fraction of sp³-hybridized carbons (Fsp3) is 0.441. The minimum absolute atomic E-state index is 0.0556. The lowest BCUT2D eigenvalue weighted by Crippen LogP contribution is -2.56. The molecule has 2 aromatic carbocycles. The van der Waals surface area contributed by atoms with Crippen molar-refractivity contribution in [3.8, 4) is 0 Å². The van der Waals surface area contributed by atoms with Gasteiger partial charge in [-0.15, -0.1) is 24.9 Å². The number of likely N-dealkylation sites (tertiary alicyclic amines) is 1. The molecule has 0 aromatic heterocycles. The van der Waals surface area contributed by atoms with E-state index in [4.69, 9.17) is 0 Å². The van der Waals surface area contributed by atoms with Gasteiger partial charge in [-0.05, 0) is 30.5 Å². The van der Waals surface area contributed by atoms with E-state index in [-0.39, 0.29) is 34.4 Å². The van der Waals surface area contributed by atoms with E-state index in [9.17, 15) is 19.5 Å². The van der Waals surface area contributed by atoms with Crippen LogP contribution in [0.5, 0.6) is 0 Å². The summed E-state index contributed by atoms with van der Waals surface area (Å²) >= 11 is 5.49. The first-order valence-electron chi connectivity index (χ1n) is 15.0. The lowest BCUT2D eigenvalue weighted by Gasteiger charge is -2.40. The summed E-state index contributed by atoms with van der Waals surface area (Å²) in [5.41, 5.74) is 1.50. The van der Waals surface area contributed by atoms with Gasteiger partial charge >= 0.3 is 0 Å². The molecular formula is C34H40BrN3O4S. The number of nitrogens with zero attached hydrogens (tertiary/aromatic N) is 3. The summed E-state index contributed by atoms with van der Waals surface area (Å²) < 4.78 is -0.822. The molecule has 43 heavy (non-hydrogen) atoms. The van der Waals surface area contributed by atoms with Crippen LogP contribution < -0.4 is 4.90 Å². The summed E-state index contributed by atoms with van der Waals surface area (Å²) in [6.07, 6.45) is 5.73. The fourth-order valence-electron chi connectivity index (χ4n) is 7.20. The number of alkyl halides is 1. The van der Waals surface area contributed by atoms with E-state index in [0.717, 1.165) is 24.1 Å². The second-order valence-electron chi connectivity index (χ2n) is 11.5. The Labute approximate surface area is 267 Å². The number of aliphatic hydroxyl groups is 1. The lowest BCUT2D eigenvalue weighted by atomic mass is 9.70. The van der Waals surface area contributed by atoms with Gasteiger partial charge in [0.05, 0.1) is 29.2 Å². The van der Waals surface area contributed by atoms with E-state index >= 15 is 0 Å². The van der Waals surface area contributed by atoms with Crippen LogP contribution in [-0.2, 0) is 14.4 Å². The Balaban J connectivity index is 1.63. The zero-order valence-electron chi connectivity index (χ0n) is 24.6. The summed E-state index contributed by atoms with van der Waals surface area (Å²) in [5.74, 6) is -1.88. The summed E-state index contributed by atoms with van der Waals surface area (Å²) in [6, 6.07) is 17.3. The van der Waals surface area contributed by atoms with Gasteiger partial charge in [-0.2, -0.15) is 0 Å². The second kappa shape index (κ2) is 13.4. The quantitative estimate of drug-likeness (QED) is 0.235. The highest BCUT2D eigenvalue weighted by molar-refractivity contribution is 9.09. The maximum absolute atomic E-state index is 14.8. The Morgan fingerprint density at radius 3 is 2.35 bits per heavy atom. The number of para-hydroxylation sites is 1. The first-order valence-corrected chi connectivity index (χ1v) is 16.8. The first-order chi connectivity index (χ1) is 20.8. The fourth-order valence-corrected chi connectivity index (χ4v) is 10.8. The van der Waals surface area contributed by atoms with Crippen LogP contribution in [0.15, 0.2) is 86.0 Å². The van der Waals surface area contributed by atoms with Crippen LogP contribution in [0.2, 0.25) is 0 Å². The molecule has 2 bridgehead atoms. The Bertz CT molecular complexity index is 1340. The van der Waals surface area contributed by atoms with E-state index in [0.29, 0.717) is 26.1 Å². The Hall–Kier alpha value is -2.88. The molecule has 0 aliphatic carbocycles. The highest BCUT2D eigenvalue weighted by Crippen LogP contribution is 2.68. The number of anilines is 1. The predicted octanol–water partition coefficient (Wildman–Crippen LogP) is 5.22. The monoisotopic (exact) mass is 665 g/mol. The summed E-state index contributed by atoms with van der Waals surface area (Å²) in [5, 5.41) is 10.6. The SMILES string of the molecule is C=CCN(CCCC)C(=O)C1N([C@H](CO)c2ccccc2)C(=O)[C@@H]2[C@@H](C(=O)N(CC=C)c3ccccc3)[C@@H]3SC12CC3Br. The van der Waals surface area contributed by atoms with Crippen molar-refractivity contribution >= 4 is 51.1 Å². The minimum Gasteiger partial charge on any atom is -0.394 e. The molecule has 0 radical (unpaired) electrons. The number of hydrogen-bond acceptors (Lipinski definition) is 5. The number of thioether (sulfide) groups is 1. The topological polar surface area (TPSA) is 81.2 Å². The number of benzene rings is 2. The third kappa shape index (κ3) is 5.49. The Morgan fingerprint density at radius 2 is 1.74 bits per heavy atom. The number of rotatable bonds is 13. The molecule has 7 atom stereocenters. The molecule has 5 rings (SSSR count). The molecule has 3 aliphatic heterocycles. The molecule has 7 nitrogen and oxygen atoms in total. The van der Waals surface area contributed by atoms with Crippen LogP contribution >= 0.6 is 27.7 Å². The van der Waals surface area contributed by atoms with Crippen LogP contribution in [0.3, 0.4) is 0 Å². The van der Waals surface area contributed by atoms with Gasteiger partial charge in [-0.3, -0.25) is 14.4 Å². The van der Waals surface area contributed by atoms with Crippen molar-refractivity contribution in [3.63, 3.8) is 0 Å². The Kier molecular flexibility index (Phi) is 9.83. The van der Waals surface area contributed by atoms with Gasteiger partial charge in [0.15, 0.2) is 0 Å². The maximum atomic E-state index is 14.8. The van der Waals surface area contributed by atoms with Gasteiger partial charge in [0.1, 0.15) is 6.04 Å². The largest absolute Gasteiger partial charge is 0.394 e. The highest BCUT2D eigenvalue weighted by atomic mass is 79.9. The number of hydrogen-bond donors (Lipinski definition) is 1. The van der Waals surface area contributed by atoms with Crippen molar-refractivity contribution in [3.05, 3.63) is 91.5 Å². The molecular weight excluding hydrogens is 626 g/mol. The normalized spacial score (nSPS) is 27.9. The molecule has 1 N–H and O–H groups in total. The number of unbranched alkanes of at least 4 members (excludes halogenated alkanes) is 1. The molecule has 3 unspecified atom stereocenters. The van der Waals surface area contributed by atoms with Gasteiger partial charge < -0.3 is 19.8 Å². The zero-order chi connectivity index (χ0) is 30.7. The number of aliphatic hydroxyl groups excluding tert-OH is 1. The number of halogens is 1. The first kappa shape index (κ1) is 31.5. The average Bonchev–Trinajstić information content (AvgIpc) is 3.62. The van der Waals surface area contributed by atoms with Crippen molar-refractivity contribution in [2.75, 3.05) is 31.1 Å². The zero-order valence-corrected chi connectivity index (χ0v) is 27.0. The smallest absolute Gasteiger partial charge is 0.247 e. The number of carbonyl (C=O) groups is 3. The van der Waals surface area contributed by atoms with Crippen molar-refractivity contribution in [1.82, 2.24) is 9.80 Å². The predicted molar refractivity (Wildman–Crippen MR) is 176 cm³/mol. The van der Waals surface area contributed by atoms with E-state index in [1.807, 2.05) is 60.7 Å². The van der Waals surface area contributed by atoms with Crippen LogP contribution in [0.4, 0.5) is 5.69 Å². The summed E-state index contributed by atoms with van der Waals surface area (Å²) in [6.45, 7) is 10.7. The molecule has 3 aliphatic rings. The molecule has 3 saturated heterocycles. The summed E-state index contributed by atoms with van der Waals surface area (Å²) in [7, 11) is 0. The third-order valence-electron chi connectivity index (χ3n) is 9.03. The van der Waals surface area contributed by atoms with Gasteiger partial charge in [-0.25, -0.2) is 0 Å².